The van der Waals surface area contributed by atoms with Crippen molar-refractivity contribution >= 4 is 17.6 Å². The second kappa shape index (κ2) is 6.37. The van der Waals surface area contributed by atoms with Gasteiger partial charge in [0.1, 0.15) is 0 Å². The van der Waals surface area contributed by atoms with E-state index in [0.29, 0.717) is 5.56 Å². The summed E-state index contributed by atoms with van der Waals surface area (Å²) in [6.07, 6.45) is 1.32. The van der Waals surface area contributed by atoms with E-state index in [-0.39, 0.29) is 17.3 Å². The van der Waals surface area contributed by atoms with E-state index in [1.54, 1.807) is 12.1 Å². The number of nitrogens with one attached hydrogen (secondary N) is 1. The predicted molar refractivity (Wildman–Crippen MR) is 90.0 cm³/mol. The molecule has 2 N–H and O–H groups in total. The van der Waals surface area contributed by atoms with Crippen molar-refractivity contribution in [3.63, 3.8) is 0 Å². The lowest BCUT2D eigenvalue weighted by molar-refractivity contribution is 0.0686. The highest BCUT2D eigenvalue weighted by molar-refractivity contribution is 6.07. The molecule has 3 aromatic rings. The number of rotatable bonds is 4. The van der Waals surface area contributed by atoms with Crippen molar-refractivity contribution in [3.8, 4) is 11.1 Å². The van der Waals surface area contributed by atoms with Crippen molar-refractivity contribution in [2.24, 2.45) is 7.05 Å². The summed E-state index contributed by atoms with van der Waals surface area (Å²) in [6, 6.07) is 16.9. The molecule has 0 bridgehead atoms. The van der Waals surface area contributed by atoms with Gasteiger partial charge in [-0.1, -0.05) is 42.5 Å². The summed E-state index contributed by atoms with van der Waals surface area (Å²) in [7, 11) is 1.51. The zero-order valence-electron chi connectivity index (χ0n) is 12.9. The van der Waals surface area contributed by atoms with Crippen LogP contribution < -0.4 is 5.32 Å². The minimum absolute atomic E-state index is 0.0655. The maximum Gasteiger partial charge on any atom is 0.356 e. The fraction of sp³-hybridized carbons (Fsp3) is 0.0556. The molecule has 0 saturated carbocycles. The van der Waals surface area contributed by atoms with Gasteiger partial charge in [0.05, 0.1) is 11.9 Å². The number of aromatic nitrogens is 2. The van der Waals surface area contributed by atoms with Gasteiger partial charge in [-0.05, 0) is 23.3 Å². The third-order valence-electron chi connectivity index (χ3n) is 3.64. The van der Waals surface area contributed by atoms with Gasteiger partial charge in [0.15, 0.2) is 5.69 Å². The predicted octanol–water partition coefficient (Wildman–Crippen LogP) is 3.04. The van der Waals surface area contributed by atoms with Crippen molar-refractivity contribution in [1.29, 1.82) is 0 Å². The molecule has 1 aromatic heterocycles. The van der Waals surface area contributed by atoms with Crippen LogP contribution in [-0.4, -0.2) is 26.8 Å². The Hall–Kier alpha value is -3.41. The number of carboxylic acids is 1. The Morgan fingerprint density at radius 3 is 2.25 bits per heavy atom. The number of carbonyl (C=O) groups is 2. The van der Waals surface area contributed by atoms with Crippen LogP contribution in [0.2, 0.25) is 0 Å². The average molecular weight is 321 g/mol. The summed E-state index contributed by atoms with van der Waals surface area (Å²) in [4.78, 5) is 23.5. The Kier molecular flexibility index (Phi) is 4.11. The molecule has 6 heteroatoms. The van der Waals surface area contributed by atoms with Gasteiger partial charge in [-0.25, -0.2) is 4.79 Å². The van der Waals surface area contributed by atoms with Crippen LogP contribution in [0.5, 0.6) is 0 Å². The average Bonchev–Trinajstić information content (AvgIpc) is 2.96. The Morgan fingerprint density at radius 2 is 1.62 bits per heavy atom. The van der Waals surface area contributed by atoms with Crippen LogP contribution in [0.1, 0.15) is 20.8 Å². The van der Waals surface area contributed by atoms with Crippen LogP contribution in [0.4, 0.5) is 5.69 Å². The number of anilines is 1. The van der Waals surface area contributed by atoms with Crippen molar-refractivity contribution in [1.82, 2.24) is 9.78 Å². The Labute approximate surface area is 138 Å². The maximum absolute atomic E-state index is 12.3. The molecule has 0 radical (unpaired) electrons. The van der Waals surface area contributed by atoms with Gasteiger partial charge in [-0.2, -0.15) is 5.10 Å². The summed E-state index contributed by atoms with van der Waals surface area (Å²) < 4.78 is 1.20. The summed E-state index contributed by atoms with van der Waals surface area (Å²) in [6.45, 7) is 0. The second-order valence-electron chi connectivity index (χ2n) is 5.23. The first-order valence-electron chi connectivity index (χ1n) is 7.28. The molecule has 0 aliphatic heterocycles. The normalized spacial score (nSPS) is 10.4. The minimum atomic E-state index is -1.15. The lowest BCUT2D eigenvalue weighted by Crippen LogP contribution is -2.15. The van der Waals surface area contributed by atoms with Crippen LogP contribution in [0.25, 0.3) is 11.1 Å². The second-order valence-corrected chi connectivity index (χ2v) is 5.23. The van der Waals surface area contributed by atoms with Crippen molar-refractivity contribution in [2.45, 2.75) is 0 Å². The molecule has 1 heterocycles. The molecule has 6 nitrogen and oxygen atoms in total. The quantitative estimate of drug-likeness (QED) is 0.773. The van der Waals surface area contributed by atoms with Gasteiger partial charge in [0.25, 0.3) is 5.91 Å². The monoisotopic (exact) mass is 321 g/mol. The highest BCUT2D eigenvalue weighted by Crippen LogP contribution is 2.20. The SMILES string of the molecule is Cn1ncc(NC(=O)c2ccc(-c3ccccc3)cc2)c1C(=O)O. The number of benzene rings is 2. The molecule has 120 valence electrons. The minimum Gasteiger partial charge on any atom is -0.476 e. The number of aromatic carboxylic acids is 1. The third kappa shape index (κ3) is 3.03. The molecule has 0 fully saturated rings. The first-order valence-corrected chi connectivity index (χ1v) is 7.28. The van der Waals surface area contributed by atoms with E-state index in [0.717, 1.165) is 11.1 Å². The molecule has 3 rings (SSSR count). The zero-order valence-corrected chi connectivity index (χ0v) is 12.9. The number of hydrogen-bond donors (Lipinski definition) is 2. The Morgan fingerprint density at radius 1 is 1.00 bits per heavy atom. The van der Waals surface area contributed by atoms with Gasteiger partial charge in [-0.3, -0.25) is 9.48 Å². The molecule has 0 aliphatic carbocycles. The molecular formula is C18H15N3O3. The van der Waals surface area contributed by atoms with E-state index in [1.807, 2.05) is 42.5 Å². The molecule has 1 amide bonds. The van der Waals surface area contributed by atoms with Gasteiger partial charge in [0.2, 0.25) is 0 Å². The fourth-order valence-corrected chi connectivity index (χ4v) is 2.42. The van der Waals surface area contributed by atoms with E-state index in [4.69, 9.17) is 5.11 Å². The first kappa shape index (κ1) is 15.5. The molecule has 0 aliphatic rings. The van der Waals surface area contributed by atoms with Crippen LogP contribution in [-0.2, 0) is 7.05 Å². The maximum atomic E-state index is 12.3. The first-order chi connectivity index (χ1) is 11.6. The molecule has 0 atom stereocenters. The lowest BCUT2D eigenvalue weighted by Gasteiger charge is -2.06. The van der Waals surface area contributed by atoms with Gasteiger partial charge in [-0.15, -0.1) is 0 Å². The molecule has 2 aromatic carbocycles. The standard InChI is InChI=1S/C18H15N3O3/c1-21-16(18(23)24)15(11-19-21)20-17(22)14-9-7-13(8-10-14)12-5-3-2-4-6-12/h2-11H,1H3,(H,20,22)(H,23,24). The molecule has 24 heavy (non-hydrogen) atoms. The Balaban J connectivity index is 1.80. The fourth-order valence-electron chi connectivity index (χ4n) is 2.42. The Bertz CT molecular complexity index is 884. The van der Waals surface area contributed by atoms with Gasteiger partial charge >= 0.3 is 5.97 Å². The smallest absolute Gasteiger partial charge is 0.356 e. The number of hydrogen-bond acceptors (Lipinski definition) is 3. The van der Waals surface area contributed by atoms with Gasteiger partial charge in [0, 0.05) is 12.6 Å². The molecular weight excluding hydrogens is 306 g/mol. The zero-order chi connectivity index (χ0) is 17.1. The highest BCUT2D eigenvalue weighted by Gasteiger charge is 2.18. The van der Waals surface area contributed by atoms with Crippen LogP contribution in [0, 0.1) is 0 Å². The van der Waals surface area contributed by atoms with E-state index in [2.05, 4.69) is 10.4 Å². The van der Waals surface area contributed by atoms with Crippen molar-refractivity contribution in [2.75, 3.05) is 5.32 Å². The number of nitrogens with zero attached hydrogens (tertiary/aromatic N) is 2. The largest absolute Gasteiger partial charge is 0.476 e. The number of carbonyl (C=O) groups excluding carboxylic acids is 1. The third-order valence-corrected chi connectivity index (χ3v) is 3.64. The summed E-state index contributed by atoms with van der Waals surface area (Å²) >= 11 is 0. The topological polar surface area (TPSA) is 84.2 Å². The number of carboxylic acid groups (broad SMARTS) is 1. The van der Waals surface area contributed by atoms with E-state index < -0.39 is 5.97 Å². The number of amides is 1. The molecule has 0 saturated heterocycles. The number of aryl methyl sites for hydroxylation is 1. The van der Waals surface area contributed by atoms with E-state index in [1.165, 1.54) is 17.9 Å². The summed E-state index contributed by atoms with van der Waals surface area (Å²) in [5.41, 5.74) is 2.60. The molecule has 0 spiro atoms. The van der Waals surface area contributed by atoms with E-state index in [9.17, 15) is 9.59 Å². The van der Waals surface area contributed by atoms with Crippen molar-refractivity contribution < 1.29 is 14.7 Å². The van der Waals surface area contributed by atoms with Crippen LogP contribution >= 0.6 is 0 Å². The summed E-state index contributed by atoms with van der Waals surface area (Å²) in [5.74, 6) is -1.53. The lowest BCUT2D eigenvalue weighted by atomic mass is 10.0. The summed E-state index contributed by atoms with van der Waals surface area (Å²) in [5, 5.41) is 15.6. The van der Waals surface area contributed by atoms with Gasteiger partial charge < -0.3 is 10.4 Å². The molecule has 0 unspecified atom stereocenters. The van der Waals surface area contributed by atoms with Crippen LogP contribution in [0.3, 0.4) is 0 Å². The van der Waals surface area contributed by atoms with Crippen LogP contribution in [0.15, 0.2) is 60.8 Å². The van der Waals surface area contributed by atoms with Crippen molar-refractivity contribution in [3.05, 3.63) is 72.1 Å². The highest BCUT2D eigenvalue weighted by atomic mass is 16.4. The van der Waals surface area contributed by atoms with E-state index >= 15 is 0 Å².